The average Bonchev–Trinajstić information content (AvgIpc) is 2.58. The van der Waals surface area contributed by atoms with Gasteiger partial charge in [-0.25, -0.2) is 0 Å². The minimum absolute atomic E-state index is 0.0717. The van der Waals surface area contributed by atoms with Crippen LogP contribution in [0.1, 0.15) is 16.7 Å². The molecule has 0 saturated heterocycles. The van der Waals surface area contributed by atoms with Crippen molar-refractivity contribution in [1.29, 1.82) is 0 Å². The summed E-state index contributed by atoms with van der Waals surface area (Å²) in [5.41, 5.74) is 2.53. The second kappa shape index (κ2) is 7.60. The first-order valence-electron chi connectivity index (χ1n) is 7.17. The first-order chi connectivity index (χ1) is 11.1. The minimum atomic E-state index is -0.408. The van der Waals surface area contributed by atoms with Gasteiger partial charge in [0.15, 0.2) is 11.5 Å². The van der Waals surface area contributed by atoms with Crippen LogP contribution in [-0.4, -0.2) is 24.2 Å². The van der Waals surface area contributed by atoms with Crippen LogP contribution in [0.15, 0.2) is 36.4 Å². The van der Waals surface area contributed by atoms with E-state index in [0.717, 1.165) is 16.7 Å². The van der Waals surface area contributed by atoms with E-state index >= 15 is 0 Å². The van der Waals surface area contributed by atoms with Crippen molar-refractivity contribution in [2.75, 3.05) is 14.2 Å². The lowest BCUT2D eigenvalue weighted by Crippen LogP contribution is -2.03. The van der Waals surface area contributed by atoms with Gasteiger partial charge in [0.1, 0.15) is 0 Å². The Morgan fingerprint density at radius 3 is 2.52 bits per heavy atom. The van der Waals surface area contributed by atoms with Gasteiger partial charge in [0.2, 0.25) is 0 Å². The summed E-state index contributed by atoms with van der Waals surface area (Å²) < 4.78 is 10.7. The van der Waals surface area contributed by atoms with Crippen LogP contribution in [0.25, 0.3) is 0 Å². The highest BCUT2D eigenvalue weighted by atomic mass is 16.6. The Hall–Kier alpha value is -2.60. The van der Waals surface area contributed by atoms with Gasteiger partial charge in [0.05, 0.1) is 25.7 Å². The summed E-state index contributed by atoms with van der Waals surface area (Å²) in [6, 6.07) is 10.1. The number of benzene rings is 2. The second-order valence-electron chi connectivity index (χ2n) is 5.02. The fourth-order valence-electron chi connectivity index (χ4n) is 2.55. The van der Waals surface area contributed by atoms with Crippen LogP contribution >= 0.6 is 0 Å². The molecule has 0 heterocycles. The van der Waals surface area contributed by atoms with Gasteiger partial charge in [-0.05, 0) is 30.0 Å². The van der Waals surface area contributed by atoms with E-state index in [1.54, 1.807) is 38.5 Å². The number of methoxy groups -OCH3 is 2. The maximum Gasteiger partial charge on any atom is 0.269 e. The molecular formula is C17H19NO5. The van der Waals surface area contributed by atoms with Crippen LogP contribution < -0.4 is 9.47 Å². The predicted octanol–water partition coefficient (Wildman–Crippen LogP) is 2.89. The van der Waals surface area contributed by atoms with Crippen LogP contribution in [0.3, 0.4) is 0 Å². The quantitative estimate of drug-likeness (QED) is 0.627. The fraction of sp³-hybridized carbons (Fsp3) is 0.294. The molecule has 0 radical (unpaired) electrons. The average molecular weight is 317 g/mol. The van der Waals surface area contributed by atoms with E-state index < -0.39 is 4.92 Å². The normalized spacial score (nSPS) is 10.4. The SMILES string of the molecule is COc1ccc(CO)c(CCc2cccc([N+](=O)[O-])c2)c1OC. The molecule has 0 amide bonds. The Kier molecular flexibility index (Phi) is 5.54. The van der Waals surface area contributed by atoms with E-state index in [1.807, 2.05) is 6.07 Å². The van der Waals surface area contributed by atoms with E-state index in [4.69, 9.17) is 9.47 Å². The summed E-state index contributed by atoms with van der Waals surface area (Å²) in [6.07, 6.45) is 1.18. The molecule has 2 aromatic rings. The number of aryl methyl sites for hydroxylation is 1. The lowest BCUT2D eigenvalue weighted by Gasteiger charge is -2.16. The summed E-state index contributed by atoms with van der Waals surface area (Å²) in [6.45, 7) is -0.107. The van der Waals surface area contributed by atoms with Gasteiger partial charge in [-0.2, -0.15) is 0 Å². The molecule has 6 heteroatoms. The number of nitrogens with zero attached hydrogens (tertiary/aromatic N) is 1. The highest BCUT2D eigenvalue weighted by Gasteiger charge is 2.15. The van der Waals surface area contributed by atoms with E-state index in [-0.39, 0.29) is 12.3 Å². The highest BCUT2D eigenvalue weighted by molar-refractivity contribution is 5.51. The first-order valence-corrected chi connectivity index (χ1v) is 7.17. The van der Waals surface area contributed by atoms with Crippen LogP contribution in [0.2, 0.25) is 0 Å². The van der Waals surface area contributed by atoms with Crippen molar-refractivity contribution in [2.45, 2.75) is 19.4 Å². The summed E-state index contributed by atoms with van der Waals surface area (Å²) in [4.78, 5) is 10.4. The molecule has 1 N–H and O–H groups in total. The molecule has 2 aromatic carbocycles. The largest absolute Gasteiger partial charge is 0.493 e. The maximum atomic E-state index is 10.8. The van der Waals surface area contributed by atoms with E-state index in [2.05, 4.69) is 0 Å². The maximum absolute atomic E-state index is 10.8. The van der Waals surface area contributed by atoms with E-state index in [1.165, 1.54) is 6.07 Å². The highest BCUT2D eigenvalue weighted by Crippen LogP contribution is 2.34. The molecule has 0 atom stereocenters. The molecule has 2 rings (SSSR count). The Bertz CT molecular complexity index is 699. The number of ether oxygens (including phenoxy) is 2. The number of nitro groups is 1. The van der Waals surface area contributed by atoms with Crippen LogP contribution in [-0.2, 0) is 19.4 Å². The van der Waals surface area contributed by atoms with Gasteiger partial charge in [-0.3, -0.25) is 10.1 Å². The molecule has 23 heavy (non-hydrogen) atoms. The van der Waals surface area contributed by atoms with Gasteiger partial charge in [0.25, 0.3) is 5.69 Å². The van der Waals surface area contributed by atoms with Crippen molar-refractivity contribution < 1.29 is 19.5 Å². The lowest BCUT2D eigenvalue weighted by molar-refractivity contribution is -0.384. The number of aliphatic hydroxyl groups is 1. The Morgan fingerprint density at radius 1 is 1.13 bits per heavy atom. The Balaban J connectivity index is 2.29. The van der Waals surface area contributed by atoms with Crippen molar-refractivity contribution in [3.63, 3.8) is 0 Å². The predicted molar refractivity (Wildman–Crippen MR) is 86.0 cm³/mol. The van der Waals surface area contributed by atoms with Crippen molar-refractivity contribution in [1.82, 2.24) is 0 Å². The minimum Gasteiger partial charge on any atom is -0.493 e. The van der Waals surface area contributed by atoms with Crippen molar-refractivity contribution in [3.8, 4) is 11.5 Å². The number of non-ortho nitro benzene ring substituents is 1. The van der Waals surface area contributed by atoms with E-state index in [0.29, 0.717) is 24.3 Å². The molecule has 0 bridgehead atoms. The lowest BCUT2D eigenvalue weighted by atomic mass is 9.98. The first kappa shape index (κ1) is 16.8. The summed E-state index contributed by atoms with van der Waals surface area (Å²) in [5, 5.41) is 20.4. The van der Waals surface area contributed by atoms with Gasteiger partial charge < -0.3 is 14.6 Å². The number of aliphatic hydroxyl groups excluding tert-OH is 1. The second-order valence-corrected chi connectivity index (χ2v) is 5.02. The Morgan fingerprint density at radius 2 is 1.91 bits per heavy atom. The molecule has 0 aromatic heterocycles. The topological polar surface area (TPSA) is 81.8 Å². The van der Waals surface area contributed by atoms with Gasteiger partial charge in [-0.15, -0.1) is 0 Å². The smallest absolute Gasteiger partial charge is 0.269 e. The van der Waals surface area contributed by atoms with Crippen molar-refractivity contribution >= 4 is 5.69 Å². The third kappa shape index (κ3) is 3.78. The molecule has 0 spiro atoms. The summed E-state index contributed by atoms with van der Waals surface area (Å²) in [7, 11) is 3.11. The van der Waals surface area contributed by atoms with Gasteiger partial charge in [0, 0.05) is 17.7 Å². The summed E-state index contributed by atoms with van der Waals surface area (Å²) in [5.74, 6) is 1.18. The number of hydrogen-bond donors (Lipinski definition) is 1. The number of nitro benzene ring substituents is 1. The molecule has 122 valence electrons. The van der Waals surface area contributed by atoms with E-state index in [9.17, 15) is 15.2 Å². The Labute approximate surface area is 134 Å². The van der Waals surface area contributed by atoms with Crippen LogP contribution in [0.5, 0.6) is 11.5 Å². The molecule has 0 aliphatic heterocycles. The fourth-order valence-corrected chi connectivity index (χ4v) is 2.55. The molecule has 0 unspecified atom stereocenters. The number of hydrogen-bond acceptors (Lipinski definition) is 5. The zero-order valence-electron chi connectivity index (χ0n) is 13.1. The monoisotopic (exact) mass is 317 g/mol. The van der Waals surface area contributed by atoms with Gasteiger partial charge in [-0.1, -0.05) is 18.2 Å². The summed E-state index contributed by atoms with van der Waals surface area (Å²) >= 11 is 0. The molecule has 0 fully saturated rings. The third-order valence-electron chi connectivity index (χ3n) is 3.70. The third-order valence-corrected chi connectivity index (χ3v) is 3.70. The molecule has 0 saturated carbocycles. The van der Waals surface area contributed by atoms with Crippen LogP contribution in [0, 0.1) is 10.1 Å². The van der Waals surface area contributed by atoms with Crippen LogP contribution in [0.4, 0.5) is 5.69 Å². The number of rotatable bonds is 7. The van der Waals surface area contributed by atoms with Crippen molar-refractivity contribution in [2.24, 2.45) is 0 Å². The van der Waals surface area contributed by atoms with Gasteiger partial charge >= 0.3 is 0 Å². The molecule has 6 nitrogen and oxygen atoms in total. The molecule has 0 aliphatic rings. The standard InChI is InChI=1S/C17H19NO5/c1-22-16-9-7-13(11-19)15(17(16)23-2)8-6-12-4-3-5-14(10-12)18(20)21/h3-5,7,9-10,19H,6,8,11H2,1-2H3. The molecule has 0 aliphatic carbocycles. The zero-order valence-corrected chi connectivity index (χ0v) is 13.1. The molecular weight excluding hydrogens is 298 g/mol. The zero-order chi connectivity index (χ0) is 16.8. The van der Waals surface area contributed by atoms with Crippen molar-refractivity contribution in [3.05, 3.63) is 63.2 Å².